The van der Waals surface area contributed by atoms with E-state index in [0.29, 0.717) is 6.54 Å². The number of hydrogen-bond acceptors (Lipinski definition) is 2. The first-order valence-electron chi connectivity index (χ1n) is 7.05. The van der Waals surface area contributed by atoms with Gasteiger partial charge in [-0.05, 0) is 32.2 Å². The van der Waals surface area contributed by atoms with E-state index in [9.17, 15) is 18.0 Å². The molecule has 1 aliphatic carbocycles. The lowest BCUT2D eigenvalue weighted by Crippen LogP contribution is -2.46. The highest BCUT2D eigenvalue weighted by Crippen LogP contribution is 2.30. The lowest BCUT2D eigenvalue weighted by atomic mass is 10.0. The van der Waals surface area contributed by atoms with Crippen molar-refractivity contribution in [1.29, 1.82) is 0 Å². The molecule has 2 rings (SSSR count). The first-order valence-corrected chi connectivity index (χ1v) is 7.05. The molecule has 6 heteroatoms. The van der Waals surface area contributed by atoms with Gasteiger partial charge in [0, 0.05) is 25.0 Å². The predicted octanol–water partition coefficient (Wildman–Crippen LogP) is 2.46. The average molecular weight is 278 g/mol. The van der Waals surface area contributed by atoms with Crippen molar-refractivity contribution in [3.63, 3.8) is 0 Å². The van der Waals surface area contributed by atoms with E-state index < -0.39 is 19.0 Å². The zero-order valence-corrected chi connectivity index (χ0v) is 11.0. The van der Waals surface area contributed by atoms with E-state index in [4.69, 9.17) is 0 Å². The Morgan fingerprint density at radius 1 is 1.21 bits per heavy atom. The molecule has 2 aliphatic rings. The fourth-order valence-corrected chi connectivity index (χ4v) is 2.55. The van der Waals surface area contributed by atoms with Crippen LogP contribution in [-0.4, -0.2) is 42.2 Å². The molecule has 0 radical (unpaired) electrons. The zero-order chi connectivity index (χ0) is 13.9. The van der Waals surface area contributed by atoms with Crippen LogP contribution in [0, 0.1) is 0 Å². The summed E-state index contributed by atoms with van der Waals surface area (Å²) in [5, 5.41) is 3.34. The van der Waals surface area contributed by atoms with Gasteiger partial charge in [0.1, 0.15) is 0 Å². The van der Waals surface area contributed by atoms with Gasteiger partial charge in [-0.25, -0.2) is 0 Å². The number of halogens is 3. The molecule has 1 N–H and O–H groups in total. The molecule has 1 heterocycles. The number of carbonyl (C=O) groups is 1. The van der Waals surface area contributed by atoms with E-state index in [1.54, 1.807) is 4.90 Å². The van der Waals surface area contributed by atoms with E-state index in [1.165, 1.54) is 0 Å². The quantitative estimate of drug-likeness (QED) is 0.838. The van der Waals surface area contributed by atoms with E-state index in [0.717, 1.165) is 38.6 Å². The standard InChI is InChI=1S/C13H21F3N2O/c14-13(15,16)7-6-12(19)18(11-4-5-11)9-10-3-1-2-8-17-10/h10-11,17H,1-9H2. The summed E-state index contributed by atoms with van der Waals surface area (Å²) in [5.41, 5.74) is 0. The summed E-state index contributed by atoms with van der Waals surface area (Å²) in [7, 11) is 0. The summed E-state index contributed by atoms with van der Waals surface area (Å²) in [6.45, 7) is 1.52. The number of nitrogens with zero attached hydrogens (tertiary/aromatic N) is 1. The van der Waals surface area contributed by atoms with Crippen LogP contribution in [0.4, 0.5) is 13.2 Å². The average Bonchev–Trinajstić information content (AvgIpc) is 3.18. The number of carbonyl (C=O) groups excluding carboxylic acids is 1. The molecular weight excluding hydrogens is 257 g/mol. The number of amides is 1. The Hall–Kier alpha value is -0.780. The second-order valence-electron chi connectivity index (χ2n) is 5.54. The maximum atomic E-state index is 12.2. The normalized spacial score (nSPS) is 24.3. The maximum Gasteiger partial charge on any atom is 0.389 e. The number of rotatable bonds is 5. The van der Waals surface area contributed by atoms with Crippen LogP contribution >= 0.6 is 0 Å². The molecule has 0 aromatic rings. The lowest BCUT2D eigenvalue weighted by Gasteiger charge is -2.31. The third-order valence-corrected chi connectivity index (χ3v) is 3.76. The van der Waals surface area contributed by atoms with Crippen molar-refractivity contribution >= 4 is 5.91 Å². The van der Waals surface area contributed by atoms with Gasteiger partial charge in [-0.1, -0.05) is 6.42 Å². The fourth-order valence-electron chi connectivity index (χ4n) is 2.55. The summed E-state index contributed by atoms with van der Waals surface area (Å²) in [6, 6.07) is 0.439. The Morgan fingerprint density at radius 2 is 1.95 bits per heavy atom. The topological polar surface area (TPSA) is 32.3 Å². The second-order valence-corrected chi connectivity index (χ2v) is 5.54. The van der Waals surface area contributed by atoms with E-state index >= 15 is 0 Å². The largest absolute Gasteiger partial charge is 0.389 e. The van der Waals surface area contributed by atoms with Crippen LogP contribution in [-0.2, 0) is 4.79 Å². The number of piperidine rings is 1. The van der Waals surface area contributed by atoms with Gasteiger partial charge in [0.25, 0.3) is 0 Å². The molecule has 2 fully saturated rings. The molecule has 1 unspecified atom stereocenters. The molecule has 110 valence electrons. The van der Waals surface area contributed by atoms with Crippen LogP contribution in [0.2, 0.25) is 0 Å². The van der Waals surface area contributed by atoms with Crippen molar-refractivity contribution < 1.29 is 18.0 Å². The minimum atomic E-state index is -4.24. The molecule has 0 aromatic carbocycles. The number of hydrogen-bond donors (Lipinski definition) is 1. The highest BCUT2D eigenvalue weighted by atomic mass is 19.4. The third kappa shape index (κ3) is 5.01. The Labute approximate surface area is 111 Å². The van der Waals surface area contributed by atoms with Crippen molar-refractivity contribution in [2.24, 2.45) is 0 Å². The van der Waals surface area contributed by atoms with Gasteiger partial charge < -0.3 is 10.2 Å². The number of alkyl halides is 3. The van der Waals surface area contributed by atoms with Crippen molar-refractivity contribution in [3.8, 4) is 0 Å². The molecule has 1 saturated heterocycles. The predicted molar refractivity (Wildman–Crippen MR) is 65.7 cm³/mol. The van der Waals surface area contributed by atoms with Gasteiger partial charge in [-0.3, -0.25) is 4.79 Å². The summed E-state index contributed by atoms with van der Waals surface area (Å²) in [5.74, 6) is -0.341. The fraction of sp³-hybridized carbons (Fsp3) is 0.923. The third-order valence-electron chi connectivity index (χ3n) is 3.76. The van der Waals surface area contributed by atoms with Crippen LogP contribution in [0.1, 0.15) is 44.9 Å². The van der Waals surface area contributed by atoms with E-state index in [1.807, 2.05) is 0 Å². The lowest BCUT2D eigenvalue weighted by molar-refractivity contribution is -0.149. The van der Waals surface area contributed by atoms with Gasteiger partial charge in [0.2, 0.25) is 5.91 Å². The van der Waals surface area contributed by atoms with Crippen LogP contribution < -0.4 is 5.32 Å². The van der Waals surface area contributed by atoms with E-state index in [2.05, 4.69) is 5.32 Å². The molecular formula is C13H21F3N2O. The molecule has 1 saturated carbocycles. The van der Waals surface area contributed by atoms with Gasteiger partial charge in [0.05, 0.1) is 6.42 Å². The Morgan fingerprint density at radius 3 is 2.47 bits per heavy atom. The highest BCUT2D eigenvalue weighted by Gasteiger charge is 2.36. The van der Waals surface area contributed by atoms with Crippen molar-refractivity contribution in [3.05, 3.63) is 0 Å². The maximum absolute atomic E-state index is 12.2. The van der Waals surface area contributed by atoms with Gasteiger partial charge in [0.15, 0.2) is 0 Å². The second kappa shape index (κ2) is 6.11. The molecule has 1 amide bonds. The monoisotopic (exact) mass is 278 g/mol. The van der Waals surface area contributed by atoms with Crippen molar-refractivity contribution in [1.82, 2.24) is 10.2 Å². The summed E-state index contributed by atoms with van der Waals surface area (Å²) < 4.78 is 36.5. The zero-order valence-electron chi connectivity index (χ0n) is 11.0. The summed E-state index contributed by atoms with van der Waals surface area (Å²) in [6.07, 6.45) is -0.507. The van der Waals surface area contributed by atoms with Crippen LogP contribution in [0.15, 0.2) is 0 Å². The van der Waals surface area contributed by atoms with Crippen LogP contribution in [0.5, 0.6) is 0 Å². The van der Waals surface area contributed by atoms with Crippen molar-refractivity contribution in [2.75, 3.05) is 13.1 Å². The molecule has 1 atom stereocenters. The highest BCUT2D eigenvalue weighted by molar-refractivity contribution is 5.77. The molecule has 0 aromatic heterocycles. The Balaban J connectivity index is 1.82. The summed E-state index contributed by atoms with van der Waals surface area (Å²) >= 11 is 0. The molecule has 19 heavy (non-hydrogen) atoms. The minimum Gasteiger partial charge on any atom is -0.338 e. The van der Waals surface area contributed by atoms with Gasteiger partial charge >= 0.3 is 6.18 Å². The molecule has 3 nitrogen and oxygen atoms in total. The SMILES string of the molecule is O=C(CCC(F)(F)F)N(CC1CCCCN1)C1CC1. The Bertz CT molecular complexity index is 310. The van der Waals surface area contributed by atoms with Crippen LogP contribution in [0.25, 0.3) is 0 Å². The smallest absolute Gasteiger partial charge is 0.338 e. The van der Waals surface area contributed by atoms with Gasteiger partial charge in [-0.2, -0.15) is 13.2 Å². The molecule has 0 spiro atoms. The van der Waals surface area contributed by atoms with Crippen molar-refractivity contribution in [2.45, 2.75) is 63.2 Å². The van der Waals surface area contributed by atoms with Crippen LogP contribution in [0.3, 0.4) is 0 Å². The Kier molecular flexibility index (Phi) is 4.71. The molecule has 1 aliphatic heterocycles. The van der Waals surface area contributed by atoms with E-state index in [-0.39, 0.29) is 18.0 Å². The summed E-state index contributed by atoms with van der Waals surface area (Å²) in [4.78, 5) is 13.6. The van der Waals surface area contributed by atoms with Gasteiger partial charge in [-0.15, -0.1) is 0 Å². The molecule has 0 bridgehead atoms. The first kappa shape index (κ1) is 14.6. The first-order chi connectivity index (χ1) is 8.96. The number of nitrogens with one attached hydrogen (secondary N) is 1. The minimum absolute atomic E-state index is 0.185.